The second-order valence-corrected chi connectivity index (χ2v) is 8.51. The third kappa shape index (κ3) is 9.14. The molecule has 1 aliphatic rings. The maximum Gasteiger partial charge on any atom is 0.410 e. The van der Waals surface area contributed by atoms with Crippen molar-refractivity contribution in [1.82, 2.24) is 15.1 Å². The molecule has 0 bridgehead atoms. The van der Waals surface area contributed by atoms with Gasteiger partial charge < -0.3 is 24.3 Å². The van der Waals surface area contributed by atoms with Crippen LogP contribution in [0.25, 0.3) is 0 Å². The molecule has 2 rings (SSSR count). The van der Waals surface area contributed by atoms with Crippen molar-refractivity contribution in [3.8, 4) is 0 Å². The molecule has 172 valence electrons. The van der Waals surface area contributed by atoms with Crippen molar-refractivity contribution in [2.45, 2.75) is 59.5 Å². The Bertz CT molecular complexity index is 635. The van der Waals surface area contributed by atoms with Gasteiger partial charge in [-0.05, 0) is 65.5 Å². The number of carbonyl (C=O) groups excluding carboxylic acids is 1. The Balaban J connectivity index is 0.00000450. The first kappa shape index (κ1) is 26.6. The van der Waals surface area contributed by atoms with Crippen LogP contribution in [0.1, 0.15) is 53.2 Å². The van der Waals surface area contributed by atoms with Gasteiger partial charge in [0.1, 0.15) is 11.4 Å². The maximum atomic E-state index is 12.4. The molecule has 8 heteroatoms. The van der Waals surface area contributed by atoms with Crippen molar-refractivity contribution in [3.63, 3.8) is 0 Å². The summed E-state index contributed by atoms with van der Waals surface area (Å²) in [6.07, 6.45) is 4.38. The third-order valence-corrected chi connectivity index (χ3v) is 4.96. The van der Waals surface area contributed by atoms with Gasteiger partial charge in [0.2, 0.25) is 0 Å². The average Bonchev–Trinajstić information content (AvgIpc) is 3.18. The van der Waals surface area contributed by atoms with E-state index in [-0.39, 0.29) is 30.1 Å². The van der Waals surface area contributed by atoms with E-state index in [2.05, 4.69) is 17.1 Å². The lowest BCUT2D eigenvalue weighted by atomic mass is 9.96. The summed E-state index contributed by atoms with van der Waals surface area (Å²) in [5.41, 5.74) is -0.458. The molecule has 0 unspecified atom stereocenters. The van der Waals surface area contributed by atoms with Gasteiger partial charge in [0.25, 0.3) is 0 Å². The van der Waals surface area contributed by atoms with E-state index < -0.39 is 5.60 Å². The lowest BCUT2D eigenvalue weighted by Gasteiger charge is -2.36. The Labute approximate surface area is 198 Å². The quantitative estimate of drug-likeness (QED) is 0.320. The Morgan fingerprint density at radius 1 is 1.33 bits per heavy atom. The smallest absolute Gasteiger partial charge is 0.410 e. The number of ether oxygens (including phenoxy) is 1. The Morgan fingerprint density at radius 2 is 2.03 bits per heavy atom. The fraction of sp³-hybridized carbons (Fsp3) is 0.727. The highest BCUT2D eigenvalue weighted by atomic mass is 127. The van der Waals surface area contributed by atoms with E-state index in [1.54, 1.807) is 6.26 Å². The summed E-state index contributed by atoms with van der Waals surface area (Å²) in [6, 6.07) is 3.89. The van der Waals surface area contributed by atoms with E-state index in [0.717, 1.165) is 57.2 Å². The fourth-order valence-corrected chi connectivity index (χ4v) is 3.45. The van der Waals surface area contributed by atoms with Crippen molar-refractivity contribution in [1.29, 1.82) is 0 Å². The van der Waals surface area contributed by atoms with Gasteiger partial charge in [0, 0.05) is 45.7 Å². The van der Waals surface area contributed by atoms with Gasteiger partial charge in [-0.25, -0.2) is 4.79 Å². The van der Waals surface area contributed by atoms with Crippen molar-refractivity contribution >= 4 is 36.0 Å². The molecule has 1 fully saturated rings. The molecule has 2 heterocycles. The number of piperidine rings is 1. The zero-order valence-corrected chi connectivity index (χ0v) is 21.5. The largest absolute Gasteiger partial charge is 0.469 e. The van der Waals surface area contributed by atoms with Gasteiger partial charge in [-0.1, -0.05) is 0 Å². The average molecular weight is 534 g/mol. The Kier molecular flexibility index (Phi) is 11.6. The molecule has 1 aromatic heterocycles. The molecule has 0 spiro atoms. The summed E-state index contributed by atoms with van der Waals surface area (Å²) in [5.74, 6) is 2.42. The molecule has 0 aromatic carbocycles. The topological polar surface area (TPSA) is 70.3 Å². The summed E-state index contributed by atoms with van der Waals surface area (Å²) in [4.78, 5) is 21.3. The standard InChI is InChI=1S/C22H38N4O3.HI/c1-6-23-20(24-13-10-19-9-8-16-28-19)26-14-11-18(12-15-26)17-25(7-2)21(27)29-22(3,4)5;/h8-9,16,18H,6-7,10-15,17H2,1-5H3,(H,23,24);1H. The SMILES string of the molecule is CCNC(=NCCc1ccco1)N1CCC(CN(CC)C(=O)OC(C)(C)C)CC1.I. The van der Waals surface area contributed by atoms with E-state index in [9.17, 15) is 4.79 Å². The van der Waals surface area contributed by atoms with Crippen LogP contribution in [0, 0.1) is 5.92 Å². The first-order chi connectivity index (χ1) is 13.8. The van der Waals surface area contributed by atoms with Crippen LogP contribution in [-0.2, 0) is 11.2 Å². The lowest BCUT2D eigenvalue weighted by molar-refractivity contribution is 0.0214. The summed E-state index contributed by atoms with van der Waals surface area (Å²) in [7, 11) is 0. The zero-order valence-electron chi connectivity index (χ0n) is 19.1. The first-order valence-corrected chi connectivity index (χ1v) is 10.9. The van der Waals surface area contributed by atoms with Crippen LogP contribution < -0.4 is 5.32 Å². The van der Waals surface area contributed by atoms with Gasteiger partial charge >= 0.3 is 6.09 Å². The molecule has 1 saturated heterocycles. The number of rotatable bonds is 7. The number of nitrogens with one attached hydrogen (secondary N) is 1. The van der Waals surface area contributed by atoms with Crippen molar-refractivity contribution in [2.24, 2.45) is 10.9 Å². The molecule has 0 aliphatic carbocycles. The van der Waals surface area contributed by atoms with Gasteiger partial charge in [-0.2, -0.15) is 0 Å². The van der Waals surface area contributed by atoms with E-state index >= 15 is 0 Å². The van der Waals surface area contributed by atoms with Crippen LogP contribution in [0.5, 0.6) is 0 Å². The number of nitrogens with zero attached hydrogens (tertiary/aromatic N) is 3. The number of guanidine groups is 1. The zero-order chi connectivity index (χ0) is 21.3. The molecule has 7 nitrogen and oxygen atoms in total. The van der Waals surface area contributed by atoms with Gasteiger partial charge in [-0.15, -0.1) is 24.0 Å². The Hall–Kier alpha value is -1.45. The summed E-state index contributed by atoms with van der Waals surface area (Å²) in [6.45, 7) is 14.7. The number of furan rings is 1. The number of hydrogen-bond donors (Lipinski definition) is 1. The number of carbonyl (C=O) groups is 1. The van der Waals surface area contributed by atoms with Gasteiger partial charge in [0.05, 0.1) is 6.26 Å². The third-order valence-electron chi connectivity index (χ3n) is 4.96. The molecular formula is C22H39IN4O3. The summed E-state index contributed by atoms with van der Waals surface area (Å²) in [5, 5.41) is 3.40. The normalized spacial score (nSPS) is 15.5. The van der Waals surface area contributed by atoms with Crippen molar-refractivity contribution in [2.75, 3.05) is 39.3 Å². The van der Waals surface area contributed by atoms with E-state index in [1.807, 2.05) is 44.7 Å². The predicted octanol–water partition coefficient (Wildman–Crippen LogP) is 4.37. The van der Waals surface area contributed by atoms with Crippen LogP contribution >= 0.6 is 24.0 Å². The minimum absolute atomic E-state index is 0. The number of hydrogen-bond acceptors (Lipinski definition) is 4. The van der Waals surface area contributed by atoms with Crippen LogP contribution in [0.3, 0.4) is 0 Å². The van der Waals surface area contributed by atoms with Crippen molar-refractivity contribution in [3.05, 3.63) is 24.2 Å². The minimum Gasteiger partial charge on any atom is -0.469 e. The van der Waals surface area contributed by atoms with E-state index in [1.165, 1.54) is 0 Å². The van der Waals surface area contributed by atoms with Gasteiger partial charge in [0.15, 0.2) is 5.96 Å². The van der Waals surface area contributed by atoms with E-state index in [0.29, 0.717) is 19.0 Å². The van der Waals surface area contributed by atoms with Crippen LogP contribution in [0.2, 0.25) is 0 Å². The molecule has 0 radical (unpaired) electrons. The van der Waals surface area contributed by atoms with Crippen LogP contribution in [0.15, 0.2) is 27.8 Å². The number of likely N-dealkylation sites (tertiary alicyclic amines) is 1. The first-order valence-electron chi connectivity index (χ1n) is 10.9. The maximum absolute atomic E-state index is 12.4. The number of halogens is 1. The van der Waals surface area contributed by atoms with E-state index in [4.69, 9.17) is 14.1 Å². The molecule has 1 aromatic rings. The molecular weight excluding hydrogens is 495 g/mol. The van der Waals surface area contributed by atoms with Crippen LogP contribution in [0.4, 0.5) is 4.79 Å². The second kappa shape index (κ2) is 13.1. The molecule has 0 saturated carbocycles. The second-order valence-electron chi connectivity index (χ2n) is 8.51. The van der Waals surface area contributed by atoms with Crippen molar-refractivity contribution < 1.29 is 13.9 Å². The molecule has 1 amide bonds. The predicted molar refractivity (Wildman–Crippen MR) is 132 cm³/mol. The minimum atomic E-state index is -0.458. The molecule has 0 atom stereocenters. The highest BCUT2D eigenvalue weighted by Crippen LogP contribution is 2.20. The molecule has 1 aliphatic heterocycles. The fourth-order valence-electron chi connectivity index (χ4n) is 3.45. The number of amides is 1. The highest BCUT2D eigenvalue weighted by molar-refractivity contribution is 14.0. The van der Waals surface area contributed by atoms with Crippen LogP contribution in [-0.4, -0.2) is 66.7 Å². The molecule has 1 N–H and O–H groups in total. The highest BCUT2D eigenvalue weighted by Gasteiger charge is 2.27. The Morgan fingerprint density at radius 3 is 2.57 bits per heavy atom. The summed E-state index contributed by atoms with van der Waals surface area (Å²) < 4.78 is 10.9. The number of aliphatic imine (C=N–C) groups is 1. The monoisotopic (exact) mass is 534 g/mol. The van der Waals surface area contributed by atoms with Gasteiger partial charge in [-0.3, -0.25) is 4.99 Å². The summed E-state index contributed by atoms with van der Waals surface area (Å²) >= 11 is 0. The lowest BCUT2D eigenvalue weighted by Crippen LogP contribution is -2.48. The molecule has 30 heavy (non-hydrogen) atoms.